The first kappa shape index (κ1) is 21.0. The van der Waals surface area contributed by atoms with Crippen LogP contribution in [0.25, 0.3) is 0 Å². The van der Waals surface area contributed by atoms with Gasteiger partial charge in [0.25, 0.3) is 0 Å². The van der Waals surface area contributed by atoms with E-state index >= 15 is 0 Å². The highest BCUT2D eigenvalue weighted by atomic mass is 14.9. The molecule has 0 radical (unpaired) electrons. The molecule has 1 nitrogen and oxygen atoms in total. The predicted octanol–water partition coefficient (Wildman–Crippen LogP) is 6.24. The minimum atomic E-state index is 0.691. The fourth-order valence-electron chi connectivity index (χ4n) is 5.63. The summed E-state index contributed by atoms with van der Waals surface area (Å²) in [5, 5.41) is 3.90. The Morgan fingerprint density at radius 2 is 1.52 bits per heavy atom. The predicted molar refractivity (Wildman–Crippen MR) is 105 cm³/mol. The van der Waals surface area contributed by atoms with Gasteiger partial charge in [0.1, 0.15) is 0 Å². The molecule has 1 rings (SSSR count). The lowest BCUT2D eigenvalue weighted by Crippen LogP contribution is -2.46. The Morgan fingerprint density at radius 3 is 1.96 bits per heavy atom. The summed E-state index contributed by atoms with van der Waals surface area (Å²) in [5.74, 6) is 6.53. The molecular formula is C22H45N. The van der Waals surface area contributed by atoms with Gasteiger partial charge in [0.2, 0.25) is 0 Å². The molecule has 0 amide bonds. The fourth-order valence-corrected chi connectivity index (χ4v) is 5.63. The lowest BCUT2D eigenvalue weighted by molar-refractivity contribution is 0.0693. The highest BCUT2D eigenvalue weighted by molar-refractivity contribution is 4.92. The quantitative estimate of drug-likeness (QED) is 0.585. The smallest absolute Gasteiger partial charge is 0.0123 e. The van der Waals surface area contributed by atoms with Crippen molar-refractivity contribution in [2.24, 2.45) is 47.3 Å². The van der Waals surface area contributed by atoms with Gasteiger partial charge in [0.05, 0.1) is 0 Å². The van der Waals surface area contributed by atoms with Crippen molar-refractivity contribution >= 4 is 0 Å². The fraction of sp³-hybridized carbons (Fsp3) is 1.00. The third kappa shape index (κ3) is 5.21. The largest absolute Gasteiger partial charge is 0.313 e. The van der Waals surface area contributed by atoms with Crippen molar-refractivity contribution in [2.45, 2.75) is 87.6 Å². The van der Waals surface area contributed by atoms with Crippen LogP contribution in [0.1, 0.15) is 81.6 Å². The molecule has 6 unspecified atom stereocenters. The van der Waals surface area contributed by atoms with Crippen LogP contribution < -0.4 is 5.32 Å². The van der Waals surface area contributed by atoms with Crippen molar-refractivity contribution in [3.05, 3.63) is 0 Å². The number of nitrogens with one attached hydrogen (secondary N) is 1. The first-order valence-corrected chi connectivity index (χ1v) is 10.5. The normalized spacial score (nSPS) is 30.5. The second-order valence-corrected chi connectivity index (χ2v) is 9.39. The van der Waals surface area contributed by atoms with Crippen LogP contribution in [0, 0.1) is 47.3 Å². The average Bonchev–Trinajstić information content (AvgIpc) is 2.69. The average molecular weight is 324 g/mol. The summed E-state index contributed by atoms with van der Waals surface area (Å²) < 4.78 is 0. The highest BCUT2D eigenvalue weighted by Gasteiger charge is 2.40. The molecule has 1 aliphatic heterocycles. The monoisotopic (exact) mass is 323 g/mol. The Hall–Kier alpha value is -0.0400. The molecule has 0 aromatic carbocycles. The number of rotatable bonds is 7. The van der Waals surface area contributed by atoms with Gasteiger partial charge in [-0.3, -0.25) is 0 Å². The zero-order valence-corrected chi connectivity index (χ0v) is 17.5. The second-order valence-electron chi connectivity index (χ2n) is 9.39. The molecule has 1 fully saturated rings. The van der Waals surface area contributed by atoms with E-state index in [0.717, 1.165) is 47.3 Å². The van der Waals surface area contributed by atoms with E-state index in [4.69, 9.17) is 0 Å². The van der Waals surface area contributed by atoms with E-state index in [1.54, 1.807) is 0 Å². The Morgan fingerprint density at radius 1 is 0.913 bits per heavy atom. The van der Waals surface area contributed by atoms with Crippen molar-refractivity contribution < 1.29 is 0 Å². The molecule has 0 aliphatic carbocycles. The van der Waals surface area contributed by atoms with Gasteiger partial charge in [-0.1, -0.05) is 68.7 Å². The van der Waals surface area contributed by atoms with Gasteiger partial charge >= 0.3 is 0 Å². The molecule has 0 bridgehead atoms. The number of hydrogen-bond donors (Lipinski definition) is 1. The van der Waals surface area contributed by atoms with Crippen molar-refractivity contribution in [3.8, 4) is 0 Å². The van der Waals surface area contributed by atoms with Crippen LogP contribution in [-0.2, 0) is 0 Å². The first-order chi connectivity index (χ1) is 10.7. The first-order valence-electron chi connectivity index (χ1n) is 10.5. The standard InChI is InChI=1S/C22H45N/c1-10-19(14(2)3)17(8)18(9)20-12-11-13-23-22(16(6)7)21(20)15(4)5/h14-23H,10-13H2,1-9H3. The van der Waals surface area contributed by atoms with E-state index in [2.05, 4.69) is 67.6 Å². The maximum atomic E-state index is 3.90. The molecule has 138 valence electrons. The maximum Gasteiger partial charge on any atom is 0.0123 e. The summed E-state index contributed by atoms with van der Waals surface area (Å²) >= 11 is 0. The van der Waals surface area contributed by atoms with Gasteiger partial charge in [-0.15, -0.1) is 0 Å². The molecule has 0 saturated carbocycles. The molecule has 1 heteroatoms. The van der Waals surface area contributed by atoms with Crippen molar-refractivity contribution in [1.82, 2.24) is 5.32 Å². The van der Waals surface area contributed by atoms with Gasteiger partial charge in [0.15, 0.2) is 0 Å². The lowest BCUT2D eigenvalue weighted by atomic mass is 9.63. The molecule has 1 aliphatic rings. The van der Waals surface area contributed by atoms with Crippen molar-refractivity contribution in [3.63, 3.8) is 0 Å². The van der Waals surface area contributed by atoms with Crippen LogP contribution in [-0.4, -0.2) is 12.6 Å². The van der Waals surface area contributed by atoms with Crippen LogP contribution in [0.5, 0.6) is 0 Å². The summed E-state index contributed by atoms with van der Waals surface area (Å²) in [7, 11) is 0. The Labute approximate surface area is 147 Å². The van der Waals surface area contributed by atoms with Crippen LogP contribution in [0.3, 0.4) is 0 Å². The van der Waals surface area contributed by atoms with Crippen molar-refractivity contribution in [2.75, 3.05) is 6.54 Å². The Bertz CT molecular complexity index is 320. The number of hydrogen-bond acceptors (Lipinski definition) is 1. The zero-order valence-electron chi connectivity index (χ0n) is 17.5. The van der Waals surface area contributed by atoms with Gasteiger partial charge in [-0.25, -0.2) is 0 Å². The Balaban J connectivity index is 3.03. The SMILES string of the molecule is CCC(C(C)C)C(C)C(C)C1CCCNC(C(C)C)C1C(C)C. The minimum Gasteiger partial charge on any atom is -0.313 e. The summed E-state index contributed by atoms with van der Waals surface area (Å²) in [6.45, 7) is 23.3. The van der Waals surface area contributed by atoms with E-state index in [9.17, 15) is 0 Å². The third-order valence-electron chi connectivity index (χ3n) is 7.00. The Kier molecular flexibility index (Phi) is 8.63. The van der Waals surface area contributed by atoms with Crippen LogP contribution in [0.4, 0.5) is 0 Å². The van der Waals surface area contributed by atoms with Gasteiger partial charge in [-0.05, 0) is 66.7 Å². The summed E-state index contributed by atoms with van der Waals surface area (Å²) in [6.07, 6.45) is 4.10. The van der Waals surface area contributed by atoms with E-state index in [1.165, 1.54) is 25.8 Å². The van der Waals surface area contributed by atoms with Crippen molar-refractivity contribution in [1.29, 1.82) is 0 Å². The van der Waals surface area contributed by atoms with E-state index in [-0.39, 0.29) is 0 Å². The summed E-state index contributed by atoms with van der Waals surface area (Å²) in [5.41, 5.74) is 0. The molecule has 1 N–H and O–H groups in total. The van der Waals surface area contributed by atoms with Crippen LogP contribution >= 0.6 is 0 Å². The van der Waals surface area contributed by atoms with Gasteiger partial charge < -0.3 is 5.32 Å². The van der Waals surface area contributed by atoms with Gasteiger partial charge in [-0.2, -0.15) is 0 Å². The summed E-state index contributed by atoms with van der Waals surface area (Å²) in [6, 6.07) is 0.691. The third-order valence-corrected chi connectivity index (χ3v) is 7.00. The van der Waals surface area contributed by atoms with E-state index in [0.29, 0.717) is 6.04 Å². The van der Waals surface area contributed by atoms with Crippen LogP contribution in [0.15, 0.2) is 0 Å². The second kappa shape index (κ2) is 9.44. The molecule has 23 heavy (non-hydrogen) atoms. The van der Waals surface area contributed by atoms with Gasteiger partial charge in [0, 0.05) is 6.04 Å². The van der Waals surface area contributed by atoms with E-state index in [1.807, 2.05) is 0 Å². The zero-order chi connectivity index (χ0) is 17.7. The molecule has 0 aromatic heterocycles. The molecule has 6 atom stereocenters. The molecule has 0 spiro atoms. The molecule has 0 aromatic rings. The summed E-state index contributed by atoms with van der Waals surface area (Å²) in [4.78, 5) is 0. The lowest BCUT2D eigenvalue weighted by Gasteiger charge is -2.43. The molecule has 1 heterocycles. The van der Waals surface area contributed by atoms with E-state index < -0.39 is 0 Å². The maximum absolute atomic E-state index is 3.90. The minimum absolute atomic E-state index is 0.691. The highest BCUT2D eigenvalue weighted by Crippen LogP contribution is 2.43. The topological polar surface area (TPSA) is 12.0 Å². The molecule has 1 saturated heterocycles. The molecular weight excluding hydrogens is 278 g/mol. The van der Waals surface area contributed by atoms with Crippen LogP contribution in [0.2, 0.25) is 0 Å².